The summed E-state index contributed by atoms with van der Waals surface area (Å²) in [6.07, 6.45) is 3.01. The fourth-order valence-electron chi connectivity index (χ4n) is 3.02. The molecule has 2 aromatic heterocycles. The summed E-state index contributed by atoms with van der Waals surface area (Å²) in [6.45, 7) is 1.54. The fraction of sp³-hybridized carbons (Fsp3) is 0.278. The van der Waals surface area contributed by atoms with Crippen LogP contribution in [0.4, 0.5) is 5.82 Å². The van der Waals surface area contributed by atoms with Crippen molar-refractivity contribution in [3.63, 3.8) is 0 Å². The number of nitrogens with one attached hydrogen (secondary N) is 1. The summed E-state index contributed by atoms with van der Waals surface area (Å²) in [7, 11) is 1.80. The van der Waals surface area contributed by atoms with Crippen LogP contribution in [-0.4, -0.2) is 47.5 Å². The predicted octanol–water partition coefficient (Wildman–Crippen LogP) is 2.95. The molecule has 25 heavy (non-hydrogen) atoms. The first-order chi connectivity index (χ1) is 12.3. The van der Waals surface area contributed by atoms with Crippen LogP contribution in [0.5, 0.6) is 0 Å². The van der Waals surface area contributed by atoms with E-state index < -0.39 is 0 Å². The number of carbonyl (C=O) groups excluding carboxylic acids is 1. The molecule has 0 aliphatic carbocycles. The number of nitrogens with zero attached hydrogens (tertiary/aromatic N) is 3. The number of morpholine rings is 1. The first-order valence-electron chi connectivity index (χ1n) is 8.14. The Labute approximate surface area is 149 Å². The van der Waals surface area contributed by atoms with E-state index in [2.05, 4.69) is 15.3 Å². The molecule has 1 unspecified atom stereocenters. The molecule has 3 aromatic rings. The van der Waals surface area contributed by atoms with Crippen LogP contribution in [0.3, 0.4) is 0 Å². The summed E-state index contributed by atoms with van der Waals surface area (Å²) in [4.78, 5) is 24.2. The Bertz CT molecular complexity index is 878. The molecule has 7 heteroatoms. The van der Waals surface area contributed by atoms with E-state index in [9.17, 15) is 4.79 Å². The molecule has 1 amide bonds. The quantitative estimate of drug-likeness (QED) is 0.783. The fourth-order valence-corrected chi connectivity index (χ4v) is 4.05. The van der Waals surface area contributed by atoms with Crippen molar-refractivity contribution in [1.82, 2.24) is 14.9 Å². The molecule has 1 atom stereocenters. The summed E-state index contributed by atoms with van der Waals surface area (Å²) in [6, 6.07) is 10.0. The van der Waals surface area contributed by atoms with E-state index in [0.29, 0.717) is 25.5 Å². The largest absolute Gasteiger partial charge is 0.372 e. The molecule has 1 N–H and O–H groups in total. The lowest BCUT2D eigenvalue weighted by molar-refractivity contribution is -0.0243. The van der Waals surface area contributed by atoms with E-state index in [0.717, 1.165) is 20.7 Å². The summed E-state index contributed by atoms with van der Waals surface area (Å²) in [5.74, 6) is 0.730. The Morgan fingerprint density at radius 3 is 3.00 bits per heavy atom. The third-order valence-corrected chi connectivity index (χ3v) is 5.36. The first-order valence-corrected chi connectivity index (χ1v) is 8.96. The highest BCUT2D eigenvalue weighted by atomic mass is 32.1. The molecule has 1 fully saturated rings. The number of thiophene rings is 1. The van der Waals surface area contributed by atoms with Crippen molar-refractivity contribution < 1.29 is 9.53 Å². The Morgan fingerprint density at radius 1 is 1.32 bits per heavy atom. The van der Waals surface area contributed by atoms with Crippen LogP contribution in [0.2, 0.25) is 0 Å². The molecule has 0 spiro atoms. The van der Waals surface area contributed by atoms with Crippen molar-refractivity contribution >= 4 is 33.1 Å². The van der Waals surface area contributed by atoms with Gasteiger partial charge in [0.2, 0.25) is 0 Å². The highest BCUT2D eigenvalue weighted by Gasteiger charge is 2.29. The highest BCUT2D eigenvalue weighted by Crippen LogP contribution is 2.29. The summed E-state index contributed by atoms with van der Waals surface area (Å²) in [5.41, 5.74) is 0.735. The van der Waals surface area contributed by atoms with Gasteiger partial charge in [-0.15, -0.1) is 11.3 Å². The normalized spacial score (nSPS) is 17.6. The minimum absolute atomic E-state index is 0.0457. The van der Waals surface area contributed by atoms with E-state index in [1.807, 2.05) is 35.2 Å². The van der Waals surface area contributed by atoms with Gasteiger partial charge in [0.05, 0.1) is 18.0 Å². The van der Waals surface area contributed by atoms with Crippen molar-refractivity contribution in [3.8, 4) is 0 Å². The maximum atomic E-state index is 12.9. The maximum absolute atomic E-state index is 12.9. The number of fused-ring (bicyclic) bond motifs is 1. The number of rotatable bonds is 3. The second kappa shape index (κ2) is 6.78. The average molecular weight is 354 g/mol. The number of benzene rings is 1. The Hall–Kier alpha value is -2.51. The van der Waals surface area contributed by atoms with Gasteiger partial charge >= 0.3 is 0 Å². The second-order valence-corrected chi connectivity index (χ2v) is 6.88. The molecule has 128 valence electrons. The minimum atomic E-state index is -0.275. The van der Waals surface area contributed by atoms with Gasteiger partial charge in [-0.2, -0.15) is 0 Å². The zero-order valence-electron chi connectivity index (χ0n) is 13.8. The van der Waals surface area contributed by atoms with Crippen LogP contribution < -0.4 is 5.32 Å². The van der Waals surface area contributed by atoms with Crippen molar-refractivity contribution in [2.24, 2.45) is 0 Å². The average Bonchev–Trinajstić information content (AvgIpc) is 3.11. The van der Waals surface area contributed by atoms with E-state index in [1.165, 1.54) is 11.3 Å². The van der Waals surface area contributed by atoms with Crippen LogP contribution in [-0.2, 0) is 4.74 Å². The number of hydrogen-bond donors (Lipinski definition) is 1. The zero-order valence-corrected chi connectivity index (χ0v) is 14.6. The standard InChI is InChI=1S/C18H18N4O2S/c1-19-17-16(20-6-7-21-17)13-11-22(8-9-24-13)18(23)15-10-12-4-2-3-5-14(12)25-15/h2-7,10,13H,8-9,11H2,1H3,(H,19,21). The van der Waals surface area contributed by atoms with Gasteiger partial charge in [-0.1, -0.05) is 18.2 Å². The zero-order chi connectivity index (χ0) is 17.2. The number of aromatic nitrogens is 2. The number of hydrogen-bond acceptors (Lipinski definition) is 6. The van der Waals surface area contributed by atoms with Gasteiger partial charge in [0.1, 0.15) is 17.6 Å². The lowest BCUT2D eigenvalue weighted by atomic mass is 10.2. The van der Waals surface area contributed by atoms with Gasteiger partial charge in [0.25, 0.3) is 5.91 Å². The molecule has 1 aromatic carbocycles. The van der Waals surface area contributed by atoms with E-state index >= 15 is 0 Å². The molecule has 1 aliphatic heterocycles. The van der Waals surface area contributed by atoms with Crippen LogP contribution in [0.15, 0.2) is 42.7 Å². The molecule has 1 saturated heterocycles. The third-order valence-electron chi connectivity index (χ3n) is 4.26. The number of ether oxygens (including phenoxy) is 1. The van der Waals surface area contributed by atoms with Crippen molar-refractivity contribution in [1.29, 1.82) is 0 Å². The van der Waals surface area contributed by atoms with E-state index in [1.54, 1.807) is 19.4 Å². The van der Waals surface area contributed by atoms with Crippen molar-refractivity contribution in [3.05, 3.63) is 53.3 Å². The highest BCUT2D eigenvalue weighted by molar-refractivity contribution is 7.20. The monoisotopic (exact) mass is 354 g/mol. The molecule has 6 nitrogen and oxygen atoms in total. The van der Waals surface area contributed by atoms with E-state index in [4.69, 9.17) is 4.74 Å². The molecule has 4 rings (SSSR count). The van der Waals surface area contributed by atoms with Crippen molar-refractivity contribution in [2.75, 3.05) is 32.1 Å². The third kappa shape index (κ3) is 3.08. The second-order valence-electron chi connectivity index (χ2n) is 5.80. The molecule has 0 radical (unpaired) electrons. The maximum Gasteiger partial charge on any atom is 0.264 e. The van der Waals surface area contributed by atoms with Crippen LogP contribution in [0, 0.1) is 0 Å². The van der Waals surface area contributed by atoms with Crippen LogP contribution in [0.1, 0.15) is 21.5 Å². The number of anilines is 1. The number of amides is 1. The number of carbonyl (C=O) groups is 1. The molecular weight excluding hydrogens is 336 g/mol. The van der Waals surface area contributed by atoms with Crippen molar-refractivity contribution in [2.45, 2.75) is 6.10 Å². The molecule has 1 aliphatic rings. The van der Waals surface area contributed by atoms with Crippen LogP contribution >= 0.6 is 11.3 Å². The summed E-state index contributed by atoms with van der Waals surface area (Å²) in [5, 5.41) is 4.14. The van der Waals surface area contributed by atoms with Gasteiger partial charge < -0.3 is 15.0 Å². The van der Waals surface area contributed by atoms with Gasteiger partial charge in [0.15, 0.2) is 0 Å². The Balaban J connectivity index is 1.57. The molecule has 0 saturated carbocycles. The summed E-state index contributed by atoms with van der Waals surface area (Å²) < 4.78 is 6.98. The SMILES string of the molecule is CNc1nccnc1C1CN(C(=O)c2cc3ccccc3s2)CCO1. The van der Waals surface area contributed by atoms with E-state index in [-0.39, 0.29) is 12.0 Å². The van der Waals surface area contributed by atoms with Crippen LogP contribution in [0.25, 0.3) is 10.1 Å². The molecule has 3 heterocycles. The first kappa shape index (κ1) is 16.0. The molecule has 0 bridgehead atoms. The van der Waals surface area contributed by atoms with Gasteiger partial charge in [-0.3, -0.25) is 9.78 Å². The predicted molar refractivity (Wildman–Crippen MR) is 98.0 cm³/mol. The minimum Gasteiger partial charge on any atom is -0.372 e. The topological polar surface area (TPSA) is 67.4 Å². The Morgan fingerprint density at radius 2 is 2.16 bits per heavy atom. The smallest absolute Gasteiger partial charge is 0.264 e. The lowest BCUT2D eigenvalue weighted by Crippen LogP contribution is -2.42. The summed E-state index contributed by atoms with van der Waals surface area (Å²) >= 11 is 1.53. The Kier molecular flexibility index (Phi) is 4.33. The van der Waals surface area contributed by atoms with Gasteiger partial charge in [-0.25, -0.2) is 4.98 Å². The van der Waals surface area contributed by atoms with Gasteiger partial charge in [-0.05, 0) is 17.5 Å². The lowest BCUT2D eigenvalue weighted by Gasteiger charge is -2.32. The van der Waals surface area contributed by atoms with Gasteiger partial charge in [0, 0.05) is 30.7 Å². The molecular formula is C18H18N4O2S.